The van der Waals surface area contributed by atoms with E-state index in [1.807, 2.05) is 6.07 Å². The first kappa shape index (κ1) is 3.61. The van der Waals surface area contributed by atoms with E-state index in [1.54, 1.807) is 12.1 Å². The van der Waals surface area contributed by atoms with Crippen LogP contribution in [0.25, 0.3) is 11.0 Å². The predicted molar refractivity (Wildman–Crippen MR) is 33.9 cm³/mol. The van der Waals surface area contributed by atoms with Gasteiger partial charge in [0.15, 0.2) is 0 Å². The van der Waals surface area contributed by atoms with Crippen LogP contribution in [0.5, 0.6) is 0 Å². The Kier molecular flexibility index (Phi) is 0.621. The van der Waals surface area contributed by atoms with Crippen LogP contribution < -0.4 is 0 Å². The average Bonchev–Trinajstić information content (AvgIpc) is 2.36. The topological polar surface area (TPSA) is 41.6 Å². The molecule has 3 nitrogen and oxygen atoms in total. The van der Waals surface area contributed by atoms with E-state index in [4.69, 9.17) is 1.37 Å². The molecule has 2 aromatic rings. The van der Waals surface area contributed by atoms with Crippen LogP contribution in [0.3, 0.4) is 0 Å². The summed E-state index contributed by atoms with van der Waals surface area (Å²) in [5.41, 5.74) is 1.44. The highest BCUT2D eigenvalue weighted by Crippen LogP contribution is 2.03. The lowest BCUT2D eigenvalue weighted by atomic mass is 10.3. The van der Waals surface area contributed by atoms with E-state index in [-0.39, 0.29) is 0 Å². The Bertz CT molecular complexity index is 355. The molecule has 3 heteroatoms. The highest BCUT2D eigenvalue weighted by Gasteiger charge is 1.90. The number of benzene rings is 1. The largest absolute Gasteiger partial charge is 0.258 e. The number of rotatable bonds is 0. The molecule has 0 radical (unpaired) electrons. The maximum atomic E-state index is 7.36. The molecule has 1 aromatic heterocycles. The molecule has 0 spiro atoms. The molecular weight excluding hydrogens is 114 g/mol. The molecule has 0 saturated heterocycles. The van der Waals surface area contributed by atoms with Crippen LogP contribution in [0, 0.1) is 0 Å². The number of fused-ring (bicyclic) bond motifs is 1. The van der Waals surface area contributed by atoms with Crippen molar-refractivity contribution in [2.75, 3.05) is 0 Å². The third-order valence-corrected chi connectivity index (χ3v) is 1.15. The van der Waals surface area contributed by atoms with Gasteiger partial charge in [0.25, 0.3) is 0 Å². The second-order valence-electron chi connectivity index (χ2n) is 1.74. The minimum Gasteiger partial charge on any atom is -0.258 e. The summed E-state index contributed by atoms with van der Waals surface area (Å²) in [4.78, 5) is 0. The number of aromatic nitrogens is 3. The molecular formula is C6H5N3. The van der Waals surface area contributed by atoms with Crippen molar-refractivity contribution in [2.45, 2.75) is 0 Å². The lowest BCUT2D eigenvalue weighted by Crippen LogP contribution is -1.63. The molecule has 0 unspecified atom stereocenters. The molecule has 0 fully saturated rings. The summed E-state index contributed by atoms with van der Waals surface area (Å²) in [5.74, 6) is 0. The van der Waals surface area contributed by atoms with Crippen LogP contribution in [0.15, 0.2) is 24.2 Å². The molecule has 0 saturated carbocycles. The molecule has 2 rings (SSSR count). The number of nitrogens with one attached hydrogen (secondary N) is 1. The molecule has 0 aliphatic carbocycles. The SMILES string of the molecule is [2H]c1cccc2[nH]nnc12. The van der Waals surface area contributed by atoms with E-state index in [0.29, 0.717) is 11.6 Å². The normalized spacial score (nSPS) is 11.8. The van der Waals surface area contributed by atoms with Crippen LogP contribution in [0.2, 0.25) is 0 Å². The van der Waals surface area contributed by atoms with Crippen molar-refractivity contribution in [1.29, 1.82) is 0 Å². The smallest absolute Gasteiger partial charge is 0.112 e. The minimum absolute atomic E-state index is 0.409. The quantitative estimate of drug-likeness (QED) is 0.562. The maximum absolute atomic E-state index is 7.36. The van der Waals surface area contributed by atoms with E-state index in [0.717, 1.165) is 5.52 Å². The second kappa shape index (κ2) is 1.55. The maximum Gasteiger partial charge on any atom is 0.112 e. The van der Waals surface area contributed by atoms with Gasteiger partial charge in [-0.15, -0.1) is 5.10 Å². The number of nitrogens with zero attached hydrogens (tertiary/aromatic N) is 2. The van der Waals surface area contributed by atoms with E-state index in [1.165, 1.54) is 0 Å². The van der Waals surface area contributed by atoms with Crippen LogP contribution >= 0.6 is 0 Å². The fraction of sp³-hybridized carbons (Fsp3) is 0. The number of aromatic amines is 1. The Balaban J connectivity index is 2.95. The summed E-state index contributed by atoms with van der Waals surface area (Å²) in [6, 6.07) is 5.73. The summed E-state index contributed by atoms with van der Waals surface area (Å²) >= 11 is 0. The Morgan fingerprint density at radius 1 is 1.56 bits per heavy atom. The van der Waals surface area contributed by atoms with Gasteiger partial charge < -0.3 is 0 Å². The van der Waals surface area contributed by atoms with Gasteiger partial charge >= 0.3 is 0 Å². The third-order valence-electron chi connectivity index (χ3n) is 1.15. The summed E-state index contributed by atoms with van der Waals surface area (Å²) < 4.78 is 7.36. The monoisotopic (exact) mass is 120 g/mol. The van der Waals surface area contributed by atoms with Gasteiger partial charge in [-0.1, -0.05) is 17.3 Å². The van der Waals surface area contributed by atoms with Crippen molar-refractivity contribution in [1.82, 2.24) is 15.4 Å². The highest BCUT2D eigenvalue weighted by molar-refractivity contribution is 5.72. The third kappa shape index (κ3) is 0.579. The molecule has 44 valence electrons. The summed E-state index contributed by atoms with van der Waals surface area (Å²) in [6.07, 6.45) is 0. The molecule has 1 aromatic carbocycles. The highest BCUT2D eigenvalue weighted by atomic mass is 15.3. The molecule has 0 amide bonds. The Labute approximate surface area is 53.1 Å². The van der Waals surface area contributed by atoms with Gasteiger partial charge in [-0.2, -0.15) is 0 Å². The Morgan fingerprint density at radius 3 is 3.44 bits per heavy atom. The zero-order chi connectivity index (χ0) is 6.97. The van der Waals surface area contributed by atoms with Crippen LogP contribution in [0.4, 0.5) is 0 Å². The molecule has 1 N–H and O–H groups in total. The average molecular weight is 120 g/mol. The number of para-hydroxylation sites is 1. The lowest BCUT2D eigenvalue weighted by Gasteiger charge is -1.79. The predicted octanol–water partition coefficient (Wildman–Crippen LogP) is 0.958. The molecule has 1 heterocycles. The van der Waals surface area contributed by atoms with Crippen LogP contribution in [0.1, 0.15) is 1.37 Å². The van der Waals surface area contributed by atoms with Gasteiger partial charge in [0.05, 0.1) is 6.89 Å². The second-order valence-corrected chi connectivity index (χ2v) is 1.74. The number of hydrogen-bond donors (Lipinski definition) is 1. The van der Waals surface area contributed by atoms with Crippen molar-refractivity contribution in [2.24, 2.45) is 0 Å². The van der Waals surface area contributed by atoms with Gasteiger partial charge in [0, 0.05) is 0 Å². The molecule has 0 bridgehead atoms. The standard InChI is InChI=1S/C6H5N3/c1-2-4-6-5(3-1)7-9-8-6/h1-4H,(H,7,8,9)/i3D. The number of hydrogen-bond acceptors (Lipinski definition) is 2. The Hall–Kier alpha value is -1.38. The Morgan fingerprint density at radius 2 is 2.56 bits per heavy atom. The van der Waals surface area contributed by atoms with E-state index >= 15 is 0 Å². The molecule has 9 heavy (non-hydrogen) atoms. The fourth-order valence-corrected chi connectivity index (χ4v) is 0.730. The summed E-state index contributed by atoms with van der Waals surface area (Å²) in [5, 5.41) is 9.97. The first-order valence-corrected chi connectivity index (χ1v) is 2.64. The van der Waals surface area contributed by atoms with E-state index in [2.05, 4.69) is 15.4 Å². The summed E-state index contributed by atoms with van der Waals surface area (Å²) in [7, 11) is 0. The van der Waals surface area contributed by atoms with Crippen molar-refractivity contribution in [3.8, 4) is 0 Å². The van der Waals surface area contributed by atoms with Gasteiger partial charge in [-0.25, -0.2) is 0 Å². The van der Waals surface area contributed by atoms with E-state index in [9.17, 15) is 0 Å². The molecule has 0 aliphatic rings. The van der Waals surface area contributed by atoms with Crippen molar-refractivity contribution >= 4 is 11.0 Å². The molecule has 0 atom stereocenters. The summed E-state index contributed by atoms with van der Waals surface area (Å²) in [6.45, 7) is 0. The fourth-order valence-electron chi connectivity index (χ4n) is 0.730. The van der Waals surface area contributed by atoms with Crippen LogP contribution in [-0.4, -0.2) is 15.4 Å². The van der Waals surface area contributed by atoms with Crippen molar-refractivity contribution in [3.05, 3.63) is 24.2 Å². The first-order valence-electron chi connectivity index (χ1n) is 3.14. The van der Waals surface area contributed by atoms with E-state index < -0.39 is 0 Å². The van der Waals surface area contributed by atoms with Gasteiger partial charge in [-0.05, 0) is 12.1 Å². The zero-order valence-corrected chi connectivity index (χ0v) is 4.63. The van der Waals surface area contributed by atoms with Crippen molar-refractivity contribution < 1.29 is 1.37 Å². The molecule has 0 aliphatic heterocycles. The van der Waals surface area contributed by atoms with Gasteiger partial charge in [0.2, 0.25) is 0 Å². The van der Waals surface area contributed by atoms with Crippen LogP contribution in [-0.2, 0) is 0 Å². The minimum atomic E-state index is 0.409. The van der Waals surface area contributed by atoms with Gasteiger partial charge in [0.1, 0.15) is 5.52 Å². The zero-order valence-electron chi connectivity index (χ0n) is 5.63. The van der Waals surface area contributed by atoms with Crippen molar-refractivity contribution in [3.63, 3.8) is 0 Å². The number of H-pyrrole nitrogens is 1. The lowest BCUT2D eigenvalue weighted by molar-refractivity contribution is 0.959. The first-order chi connectivity index (χ1) is 4.88. The van der Waals surface area contributed by atoms with Gasteiger partial charge in [-0.3, -0.25) is 5.10 Å².